The molecule has 0 spiro atoms. The van der Waals surface area contributed by atoms with Gasteiger partial charge in [-0.25, -0.2) is 13.1 Å². The molecule has 1 aromatic rings. The van der Waals surface area contributed by atoms with Crippen LogP contribution in [0.1, 0.15) is 18.9 Å². The molecular formula is C11H13NO4S. The van der Waals surface area contributed by atoms with Crippen molar-refractivity contribution in [1.29, 1.82) is 0 Å². The van der Waals surface area contributed by atoms with Crippen LogP contribution in [0.5, 0.6) is 0 Å². The molecule has 5 nitrogen and oxygen atoms in total. The topological polar surface area (TPSA) is 80.3 Å². The number of benzene rings is 1. The first-order valence-corrected chi connectivity index (χ1v) is 6.41. The number of carbonyl (C=O) groups is 2. The van der Waals surface area contributed by atoms with Crippen LogP contribution in [-0.2, 0) is 19.6 Å². The molecule has 92 valence electrons. The first kappa shape index (κ1) is 13.4. The maximum atomic E-state index is 11.7. The van der Waals surface area contributed by atoms with Gasteiger partial charge in [-0.15, -0.1) is 0 Å². The number of aryl methyl sites for hydroxylation is 1. The molecule has 0 aliphatic heterocycles. The van der Waals surface area contributed by atoms with E-state index in [0.29, 0.717) is 0 Å². The molecule has 0 atom stereocenters. The molecule has 17 heavy (non-hydrogen) atoms. The molecule has 0 bridgehead atoms. The van der Waals surface area contributed by atoms with Gasteiger partial charge in [-0.1, -0.05) is 17.7 Å². The predicted molar refractivity (Wildman–Crippen MR) is 61.8 cm³/mol. The Morgan fingerprint density at radius 1 is 1.18 bits per heavy atom. The minimum Gasteiger partial charge on any atom is -0.299 e. The second-order valence-electron chi connectivity index (χ2n) is 3.72. The second-order valence-corrected chi connectivity index (χ2v) is 5.40. The van der Waals surface area contributed by atoms with Gasteiger partial charge in [0.25, 0.3) is 10.0 Å². The van der Waals surface area contributed by atoms with Crippen molar-refractivity contribution in [3.63, 3.8) is 0 Å². The van der Waals surface area contributed by atoms with E-state index in [2.05, 4.69) is 0 Å². The number of hydrogen-bond donors (Lipinski definition) is 1. The molecule has 0 heterocycles. The zero-order valence-electron chi connectivity index (χ0n) is 9.56. The van der Waals surface area contributed by atoms with E-state index in [1.807, 2.05) is 11.6 Å². The van der Waals surface area contributed by atoms with E-state index in [1.165, 1.54) is 19.1 Å². The highest BCUT2D eigenvalue weighted by Gasteiger charge is 2.17. The van der Waals surface area contributed by atoms with Gasteiger partial charge in [-0.3, -0.25) is 9.59 Å². The van der Waals surface area contributed by atoms with E-state index in [4.69, 9.17) is 0 Å². The zero-order valence-corrected chi connectivity index (χ0v) is 10.4. The Balaban J connectivity index is 2.86. The number of ketones is 1. The fourth-order valence-corrected chi connectivity index (χ4v) is 2.17. The minimum absolute atomic E-state index is 0.00000189. The highest BCUT2D eigenvalue weighted by Crippen LogP contribution is 2.09. The first-order chi connectivity index (χ1) is 7.81. The van der Waals surface area contributed by atoms with Crippen molar-refractivity contribution in [2.75, 3.05) is 0 Å². The van der Waals surface area contributed by atoms with Crippen LogP contribution in [0.3, 0.4) is 0 Å². The number of Topliss-reactive ketones (excluding diaryl/α,β-unsaturated/α-hetero) is 1. The molecule has 0 radical (unpaired) electrons. The van der Waals surface area contributed by atoms with Crippen LogP contribution in [-0.4, -0.2) is 20.1 Å². The van der Waals surface area contributed by atoms with Gasteiger partial charge in [0, 0.05) is 0 Å². The lowest BCUT2D eigenvalue weighted by Gasteiger charge is -2.06. The van der Waals surface area contributed by atoms with E-state index in [0.717, 1.165) is 5.56 Å². The van der Waals surface area contributed by atoms with E-state index >= 15 is 0 Å². The summed E-state index contributed by atoms with van der Waals surface area (Å²) in [6.45, 7) is 3.04. The summed E-state index contributed by atoms with van der Waals surface area (Å²) in [5.74, 6) is -1.21. The predicted octanol–water partition coefficient (Wildman–Crippen LogP) is 0.779. The number of carbonyl (C=O) groups excluding carboxylic acids is 2. The largest absolute Gasteiger partial charge is 0.299 e. The summed E-state index contributed by atoms with van der Waals surface area (Å²) in [5, 5.41) is 0. The van der Waals surface area contributed by atoms with E-state index < -0.39 is 22.4 Å². The average Bonchev–Trinajstić information content (AvgIpc) is 2.15. The summed E-state index contributed by atoms with van der Waals surface area (Å²) in [4.78, 5) is 21.9. The van der Waals surface area contributed by atoms with Crippen molar-refractivity contribution in [2.24, 2.45) is 0 Å². The Morgan fingerprint density at radius 3 is 2.18 bits per heavy atom. The maximum Gasteiger partial charge on any atom is 0.264 e. The van der Waals surface area contributed by atoms with Crippen LogP contribution in [0.25, 0.3) is 0 Å². The van der Waals surface area contributed by atoms with E-state index in [9.17, 15) is 18.0 Å². The highest BCUT2D eigenvalue weighted by atomic mass is 32.2. The molecular weight excluding hydrogens is 242 g/mol. The SMILES string of the molecule is CC(=O)CC(=O)NS(=O)(=O)c1ccc(C)cc1. The van der Waals surface area contributed by atoms with Gasteiger partial charge < -0.3 is 0 Å². The van der Waals surface area contributed by atoms with Gasteiger partial charge >= 0.3 is 0 Å². The molecule has 1 rings (SSSR count). The molecule has 1 N–H and O–H groups in total. The third kappa shape index (κ3) is 3.99. The normalized spacial score (nSPS) is 10.9. The van der Waals surface area contributed by atoms with Crippen molar-refractivity contribution in [1.82, 2.24) is 4.72 Å². The van der Waals surface area contributed by atoms with Crippen molar-refractivity contribution in [3.8, 4) is 0 Å². The number of hydrogen-bond acceptors (Lipinski definition) is 4. The Labute approximate surface area is 99.9 Å². The fraction of sp³-hybridized carbons (Fsp3) is 0.273. The smallest absolute Gasteiger partial charge is 0.264 e. The molecule has 1 aromatic carbocycles. The first-order valence-electron chi connectivity index (χ1n) is 4.93. The number of sulfonamides is 1. The van der Waals surface area contributed by atoms with Gasteiger partial charge in [0.15, 0.2) is 0 Å². The summed E-state index contributed by atoms with van der Waals surface area (Å²) in [5.41, 5.74) is 0.916. The molecule has 0 aromatic heterocycles. The maximum absolute atomic E-state index is 11.7. The van der Waals surface area contributed by atoms with Crippen molar-refractivity contribution >= 4 is 21.7 Å². The van der Waals surface area contributed by atoms with Gasteiger partial charge in [-0.2, -0.15) is 0 Å². The fourth-order valence-electron chi connectivity index (χ4n) is 1.19. The second kappa shape index (κ2) is 5.09. The lowest BCUT2D eigenvalue weighted by Crippen LogP contribution is -2.31. The summed E-state index contributed by atoms with van der Waals surface area (Å²) in [6.07, 6.45) is -0.439. The lowest BCUT2D eigenvalue weighted by atomic mass is 10.2. The molecule has 0 unspecified atom stereocenters. The van der Waals surface area contributed by atoms with Crippen LogP contribution in [0, 0.1) is 6.92 Å². The van der Waals surface area contributed by atoms with Crippen LogP contribution >= 0.6 is 0 Å². The number of nitrogens with one attached hydrogen (secondary N) is 1. The number of rotatable bonds is 4. The van der Waals surface area contributed by atoms with E-state index in [-0.39, 0.29) is 10.7 Å². The lowest BCUT2D eigenvalue weighted by molar-refractivity contribution is -0.126. The Morgan fingerprint density at radius 2 is 1.71 bits per heavy atom. The molecule has 0 fully saturated rings. The van der Waals surface area contributed by atoms with Crippen LogP contribution in [0.2, 0.25) is 0 Å². The van der Waals surface area contributed by atoms with Gasteiger partial charge in [0.1, 0.15) is 5.78 Å². The van der Waals surface area contributed by atoms with Gasteiger partial charge in [-0.05, 0) is 26.0 Å². The average molecular weight is 255 g/mol. The summed E-state index contributed by atoms with van der Waals surface area (Å²) in [7, 11) is -3.87. The van der Waals surface area contributed by atoms with Crippen LogP contribution in [0.4, 0.5) is 0 Å². The van der Waals surface area contributed by atoms with Crippen molar-refractivity contribution in [3.05, 3.63) is 29.8 Å². The summed E-state index contributed by atoms with van der Waals surface area (Å²) in [6, 6.07) is 6.06. The molecule has 0 saturated carbocycles. The standard InChI is InChI=1S/C11H13NO4S/c1-8-3-5-10(6-4-8)17(15,16)12-11(14)7-9(2)13/h3-6H,7H2,1-2H3,(H,12,14). The third-order valence-corrected chi connectivity index (χ3v) is 3.38. The van der Waals surface area contributed by atoms with Crippen LogP contribution < -0.4 is 4.72 Å². The molecule has 0 aliphatic rings. The van der Waals surface area contributed by atoms with Gasteiger partial charge in [0.05, 0.1) is 11.3 Å². The van der Waals surface area contributed by atoms with Crippen molar-refractivity contribution < 1.29 is 18.0 Å². The van der Waals surface area contributed by atoms with Crippen LogP contribution in [0.15, 0.2) is 29.2 Å². The Kier molecular flexibility index (Phi) is 4.01. The molecule has 6 heteroatoms. The quantitative estimate of drug-likeness (QED) is 0.806. The zero-order chi connectivity index (χ0) is 13.1. The number of amides is 1. The summed E-state index contributed by atoms with van der Waals surface area (Å²) < 4.78 is 25.2. The van der Waals surface area contributed by atoms with Crippen molar-refractivity contribution in [2.45, 2.75) is 25.2 Å². The molecule has 0 saturated heterocycles. The Hall–Kier alpha value is -1.69. The highest BCUT2D eigenvalue weighted by molar-refractivity contribution is 7.90. The Bertz CT molecular complexity index is 531. The van der Waals surface area contributed by atoms with Gasteiger partial charge in [0.2, 0.25) is 5.91 Å². The third-order valence-electron chi connectivity index (χ3n) is 1.99. The van der Waals surface area contributed by atoms with E-state index in [1.54, 1.807) is 12.1 Å². The minimum atomic E-state index is -3.87. The molecule has 1 amide bonds. The summed E-state index contributed by atoms with van der Waals surface area (Å²) >= 11 is 0. The monoisotopic (exact) mass is 255 g/mol. The molecule has 0 aliphatic carbocycles.